The second-order valence-electron chi connectivity index (χ2n) is 6.30. The number of nitrogens with zero attached hydrogens (tertiary/aromatic N) is 3. The van der Waals surface area contributed by atoms with E-state index in [2.05, 4.69) is 5.10 Å². The maximum absolute atomic E-state index is 12.4. The molecule has 0 aliphatic carbocycles. The van der Waals surface area contributed by atoms with Crippen LogP contribution in [0.2, 0.25) is 0 Å². The van der Waals surface area contributed by atoms with Gasteiger partial charge in [-0.25, -0.2) is 0 Å². The summed E-state index contributed by atoms with van der Waals surface area (Å²) in [6, 6.07) is 1.91. The maximum atomic E-state index is 12.4. The lowest BCUT2D eigenvalue weighted by Gasteiger charge is -2.34. The molecule has 2 saturated heterocycles. The number of carbonyl (C=O) groups excluding carboxylic acids is 2. The monoisotopic (exact) mass is 306 g/mol. The van der Waals surface area contributed by atoms with Gasteiger partial charge in [0.05, 0.1) is 17.7 Å². The number of hydrogen-bond donors (Lipinski definition) is 1. The minimum atomic E-state index is -0.598. The van der Waals surface area contributed by atoms with Crippen LogP contribution in [-0.4, -0.2) is 52.8 Å². The third-order valence-corrected chi connectivity index (χ3v) is 4.91. The molecule has 0 spiro atoms. The van der Waals surface area contributed by atoms with Crippen molar-refractivity contribution in [2.24, 2.45) is 24.1 Å². The first-order chi connectivity index (χ1) is 10.5. The number of fused-ring (bicyclic) bond motifs is 1. The van der Waals surface area contributed by atoms with Gasteiger partial charge in [0.25, 0.3) is 0 Å². The predicted octanol–water partition coefficient (Wildman–Crippen LogP) is -0.297. The van der Waals surface area contributed by atoms with E-state index in [0.717, 1.165) is 5.69 Å². The lowest BCUT2D eigenvalue weighted by atomic mass is 9.74. The number of nitrogens with two attached hydrogens (primary N) is 1. The van der Waals surface area contributed by atoms with Crippen LogP contribution in [0.4, 0.5) is 0 Å². The summed E-state index contributed by atoms with van der Waals surface area (Å²) >= 11 is 0. The van der Waals surface area contributed by atoms with Crippen LogP contribution in [-0.2, 0) is 27.8 Å². The molecule has 1 aromatic rings. The first-order valence-electron chi connectivity index (χ1n) is 7.65. The third-order valence-electron chi connectivity index (χ3n) is 4.91. The van der Waals surface area contributed by atoms with Crippen molar-refractivity contribution < 1.29 is 14.3 Å². The molecule has 0 radical (unpaired) electrons. The second-order valence-corrected chi connectivity index (χ2v) is 6.30. The molecule has 2 atom stereocenters. The molecule has 0 bridgehead atoms. The quantitative estimate of drug-likeness (QED) is 0.827. The average Bonchev–Trinajstić information content (AvgIpc) is 3.08. The molecular formula is C15H22N4O3. The molecule has 2 N–H and O–H groups in total. The number of amides is 2. The zero-order valence-corrected chi connectivity index (χ0v) is 12.8. The molecule has 1 aromatic heterocycles. The van der Waals surface area contributed by atoms with Crippen LogP contribution in [0.3, 0.4) is 0 Å². The molecule has 2 aliphatic rings. The Morgan fingerprint density at radius 2 is 2.36 bits per heavy atom. The van der Waals surface area contributed by atoms with E-state index in [4.69, 9.17) is 10.5 Å². The van der Waals surface area contributed by atoms with Gasteiger partial charge in [-0.3, -0.25) is 14.3 Å². The van der Waals surface area contributed by atoms with E-state index < -0.39 is 5.41 Å². The normalized spacial score (nSPS) is 27.7. The molecular weight excluding hydrogens is 284 g/mol. The highest BCUT2D eigenvalue weighted by Crippen LogP contribution is 2.42. The number of aromatic nitrogens is 2. The Hall–Kier alpha value is -1.89. The number of aryl methyl sites for hydroxylation is 2. The van der Waals surface area contributed by atoms with Gasteiger partial charge in [-0.05, 0) is 12.5 Å². The van der Waals surface area contributed by atoms with Gasteiger partial charge in [-0.2, -0.15) is 5.10 Å². The summed E-state index contributed by atoms with van der Waals surface area (Å²) in [5, 5.41) is 4.28. The molecule has 0 saturated carbocycles. The second kappa shape index (κ2) is 5.72. The molecule has 0 aromatic carbocycles. The summed E-state index contributed by atoms with van der Waals surface area (Å²) in [6.07, 6.45) is 3.49. The SMILES string of the molecule is Cn1ccc(CCC(=O)N2C[C@@H]3COCC[C@]3(C(N)=O)C2)n1. The van der Waals surface area contributed by atoms with Gasteiger partial charge in [-0.1, -0.05) is 0 Å². The highest BCUT2D eigenvalue weighted by atomic mass is 16.5. The summed E-state index contributed by atoms with van der Waals surface area (Å²) < 4.78 is 7.19. The molecule has 22 heavy (non-hydrogen) atoms. The third kappa shape index (κ3) is 2.61. The number of rotatable bonds is 4. The predicted molar refractivity (Wildman–Crippen MR) is 78.7 cm³/mol. The van der Waals surface area contributed by atoms with Crippen molar-refractivity contribution in [1.29, 1.82) is 0 Å². The van der Waals surface area contributed by atoms with Gasteiger partial charge < -0.3 is 15.4 Å². The van der Waals surface area contributed by atoms with Crippen molar-refractivity contribution in [2.75, 3.05) is 26.3 Å². The van der Waals surface area contributed by atoms with E-state index in [9.17, 15) is 9.59 Å². The molecule has 2 aliphatic heterocycles. The standard InChI is InChI=1S/C15H22N4O3/c1-18-6-4-12(17-18)2-3-13(20)19-8-11-9-22-7-5-15(11,10-19)14(16)21/h4,6,11H,2-3,5,7-10H2,1H3,(H2,16,21)/t11-,15+/m1/s1. The maximum Gasteiger partial charge on any atom is 0.225 e. The van der Waals surface area contributed by atoms with Crippen molar-refractivity contribution in [1.82, 2.24) is 14.7 Å². The van der Waals surface area contributed by atoms with E-state index in [1.807, 2.05) is 19.3 Å². The first-order valence-corrected chi connectivity index (χ1v) is 7.65. The fraction of sp³-hybridized carbons (Fsp3) is 0.667. The van der Waals surface area contributed by atoms with Crippen molar-refractivity contribution in [3.05, 3.63) is 18.0 Å². The lowest BCUT2D eigenvalue weighted by Crippen LogP contribution is -2.48. The summed E-state index contributed by atoms with van der Waals surface area (Å²) in [5.74, 6) is -0.223. The smallest absolute Gasteiger partial charge is 0.225 e. The fourth-order valence-electron chi connectivity index (χ4n) is 3.53. The zero-order valence-electron chi connectivity index (χ0n) is 12.8. The van der Waals surface area contributed by atoms with Gasteiger partial charge in [0.2, 0.25) is 11.8 Å². The topological polar surface area (TPSA) is 90.5 Å². The van der Waals surface area contributed by atoms with E-state index in [1.54, 1.807) is 9.58 Å². The first kappa shape index (κ1) is 15.0. The Labute approximate surface area is 129 Å². The lowest BCUT2D eigenvalue weighted by molar-refractivity contribution is -0.136. The number of likely N-dealkylation sites (tertiary alicyclic amines) is 1. The minimum absolute atomic E-state index is 0.0255. The van der Waals surface area contributed by atoms with Crippen LogP contribution in [0.15, 0.2) is 12.3 Å². The van der Waals surface area contributed by atoms with Crippen LogP contribution in [0.25, 0.3) is 0 Å². The Kier molecular flexibility index (Phi) is 3.90. The largest absolute Gasteiger partial charge is 0.381 e. The van der Waals surface area contributed by atoms with Crippen LogP contribution in [0.5, 0.6) is 0 Å². The summed E-state index contributed by atoms with van der Waals surface area (Å²) in [5.41, 5.74) is 5.93. The molecule has 2 amide bonds. The summed E-state index contributed by atoms with van der Waals surface area (Å²) in [6.45, 7) is 2.03. The van der Waals surface area contributed by atoms with Gasteiger partial charge in [0.15, 0.2) is 0 Å². The van der Waals surface area contributed by atoms with Crippen molar-refractivity contribution in [2.45, 2.75) is 19.3 Å². The van der Waals surface area contributed by atoms with Gasteiger partial charge >= 0.3 is 0 Å². The van der Waals surface area contributed by atoms with E-state index in [0.29, 0.717) is 45.6 Å². The Morgan fingerprint density at radius 3 is 3.00 bits per heavy atom. The highest BCUT2D eigenvalue weighted by Gasteiger charge is 2.53. The van der Waals surface area contributed by atoms with Crippen molar-refractivity contribution in [3.8, 4) is 0 Å². The molecule has 7 nitrogen and oxygen atoms in total. The minimum Gasteiger partial charge on any atom is -0.381 e. The van der Waals surface area contributed by atoms with Crippen LogP contribution < -0.4 is 5.73 Å². The van der Waals surface area contributed by atoms with Gasteiger partial charge in [-0.15, -0.1) is 0 Å². The average molecular weight is 306 g/mol. The van der Waals surface area contributed by atoms with Crippen LogP contribution in [0.1, 0.15) is 18.5 Å². The number of primary amides is 1. The number of carbonyl (C=O) groups is 2. The Bertz CT molecular complexity index is 585. The van der Waals surface area contributed by atoms with Gasteiger partial charge in [0.1, 0.15) is 0 Å². The molecule has 0 unspecified atom stereocenters. The molecule has 3 heterocycles. The van der Waals surface area contributed by atoms with Crippen molar-refractivity contribution in [3.63, 3.8) is 0 Å². The summed E-state index contributed by atoms with van der Waals surface area (Å²) in [4.78, 5) is 26.1. The Balaban J connectivity index is 1.63. The number of hydrogen-bond acceptors (Lipinski definition) is 4. The number of ether oxygens (including phenoxy) is 1. The van der Waals surface area contributed by atoms with E-state index in [-0.39, 0.29) is 17.7 Å². The van der Waals surface area contributed by atoms with Crippen LogP contribution >= 0.6 is 0 Å². The molecule has 7 heteroatoms. The molecule has 2 fully saturated rings. The highest BCUT2D eigenvalue weighted by molar-refractivity contribution is 5.84. The molecule has 120 valence electrons. The fourth-order valence-corrected chi connectivity index (χ4v) is 3.53. The van der Waals surface area contributed by atoms with E-state index in [1.165, 1.54) is 0 Å². The summed E-state index contributed by atoms with van der Waals surface area (Å²) in [7, 11) is 1.85. The zero-order chi connectivity index (χ0) is 15.7. The Morgan fingerprint density at radius 1 is 1.55 bits per heavy atom. The van der Waals surface area contributed by atoms with E-state index >= 15 is 0 Å². The van der Waals surface area contributed by atoms with Crippen molar-refractivity contribution >= 4 is 11.8 Å². The van der Waals surface area contributed by atoms with Crippen LogP contribution in [0, 0.1) is 11.3 Å². The molecule has 3 rings (SSSR count). The van der Waals surface area contributed by atoms with Gasteiger partial charge in [0, 0.05) is 51.7 Å².